The predicted octanol–water partition coefficient (Wildman–Crippen LogP) is 5.75. The highest BCUT2D eigenvalue weighted by Crippen LogP contribution is 2.13. The molecule has 0 aliphatic rings. The first-order valence-corrected chi connectivity index (χ1v) is 10.7. The molecule has 0 radical (unpaired) electrons. The molecular weight excluding hydrogens is 326 g/mol. The highest BCUT2D eigenvalue weighted by molar-refractivity contribution is 5.66. The molecule has 2 N–H and O–H groups in total. The minimum absolute atomic E-state index is 0.336. The van der Waals surface area contributed by atoms with Gasteiger partial charge in [-0.05, 0) is 12.8 Å². The van der Waals surface area contributed by atoms with Crippen LogP contribution in [0.5, 0.6) is 0 Å². The normalized spacial score (nSPS) is 10.9. The van der Waals surface area contributed by atoms with Gasteiger partial charge in [-0.3, -0.25) is 9.47 Å². The number of carboxylic acid groups (broad SMARTS) is 1. The fourth-order valence-corrected chi connectivity index (χ4v) is 3.26. The van der Waals surface area contributed by atoms with Crippen molar-refractivity contribution in [2.45, 2.75) is 103 Å². The van der Waals surface area contributed by atoms with Gasteiger partial charge in [-0.2, -0.15) is 0 Å². The Hall–Kier alpha value is -1.52. The molecule has 0 unspecified atom stereocenters. The molecule has 0 spiro atoms. The monoisotopic (exact) mass is 365 g/mol. The first-order valence-electron chi connectivity index (χ1n) is 10.7. The molecule has 0 bridgehead atoms. The smallest absolute Gasteiger partial charge is 0.303 e. The average Bonchev–Trinajstić information content (AvgIpc) is 3.14. The lowest BCUT2D eigenvalue weighted by atomic mass is 10.0. The molecule has 0 amide bonds. The number of unbranched alkanes of at least 4 members (excludes halogenated alkanes) is 14. The third-order valence-corrected chi connectivity index (χ3v) is 4.87. The quantitative estimate of drug-likeness (QED) is 0.306. The number of imidazole rings is 1. The second kappa shape index (κ2) is 16.9. The van der Waals surface area contributed by atoms with E-state index in [4.69, 9.17) is 5.11 Å². The van der Waals surface area contributed by atoms with Crippen LogP contribution in [-0.4, -0.2) is 27.3 Å². The number of nitrogens with zero attached hydrogens (tertiary/aromatic N) is 2. The van der Waals surface area contributed by atoms with Crippen molar-refractivity contribution in [3.63, 3.8) is 0 Å². The van der Waals surface area contributed by atoms with Crippen LogP contribution in [0.3, 0.4) is 0 Å². The van der Waals surface area contributed by atoms with Gasteiger partial charge in [0.15, 0.2) is 0 Å². The molecule has 0 aromatic carbocycles. The summed E-state index contributed by atoms with van der Waals surface area (Å²) in [6, 6.07) is 0. The summed E-state index contributed by atoms with van der Waals surface area (Å²) in [4.78, 5) is 14.4. The maximum Gasteiger partial charge on any atom is 0.303 e. The Bertz CT molecular complexity index is 421. The van der Waals surface area contributed by atoms with Crippen LogP contribution in [0.1, 0.15) is 103 Å². The van der Waals surface area contributed by atoms with Crippen LogP contribution in [0.2, 0.25) is 0 Å². The number of aliphatic carboxylic acids is 1. The van der Waals surface area contributed by atoms with E-state index in [0.29, 0.717) is 6.42 Å². The van der Waals surface area contributed by atoms with E-state index < -0.39 is 5.97 Å². The molecule has 0 saturated carbocycles. The molecule has 0 fully saturated rings. The maximum absolute atomic E-state index is 10.4. The Morgan fingerprint density at radius 2 is 1.23 bits per heavy atom. The lowest BCUT2D eigenvalue weighted by Gasteiger charge is -2.06. The minimum atomic E-state index is -0.660. The van der Waals surface area contributed by atoms with Gasteiger partial charge in [0.2, 0.25) is 0 Å². The van der Waals surface area contributed by atoms with Gasteiger partial charge < -0.3 is 10.5 Å². The zero-order chi connectivity index (χ0) is 18.7. The number of hydrogen-bond donors (Lipinski definition) is 2. The third-order valence-electron chi connectivity index (χ3n) is 4.87. The van der Waals surface area contributed by atoms with Crippen LogP contribution in [-0.2, 0) is 4.79 Å². The summed E-state index contributed by atoms with van der Waals surface area (Å²) < 4.78 is 1.92. The number of carboxylic acids is 1. The first-order chi connectivity index (χ1) is 12.8. The predicted molar refractivity (Wildman–Crippen MR) is 108 cm³/mol. The molecule has 1 aromatic rings. The zero-order valence-electron chi connectivity index (χ0n) is 16.5. The molecule has 5 nitrogen and oxygen atoms in total. The number of hydrogen-bond acceptors (Lipinski definition) is 3. The largest absolute Gasteiger partial charge is 0.481 e. The van der Waals surface area contributed by atoms with E-state index in [-0.39, 0.29) is 0 Å². The Morgan fingerprint density at radius 3 is 1.65 bits per heavy atom. The van der Waals surface area contributed by atoms with Crippen molar-refractivity contribution in [1.82, 2.24) is 9.66 Å². The van der Waals surface area contributed by atoms with Gasteiger partial charge >= 0.3 is 5.97 Å². The SMILES string of the molecule is O=C(O)CCCCCCCCCCCCCCCCCNn1ccnc1. The molecule has 0 aliphatic carbocycles. The Balaban J connectivity index is 1.66. The topological polar surface area (TPSA) is 67.2 Å². The molecule has 0 saturated heterocycles. The van der Waals surface area contributed by atoms with E-state index in [0.717, 1.165) is 19.4 Å². The Labute approximate surface area is 159 Å². The molecule has 0 atom stereocenters. The average molecular weight is 366 g/mol. The van der Waals surface area contributed by atoms with Gasteiger partial charge in [0.05, 0.1) is 0 Å². The van der Waals surface area contributed by atoms with Crippen LogP contribution in [0.4, 0.5) is 0 Å². The fraction of sp³-hybridized carbons (Fsp3) is 0.810. The number of carbonyl (C=O) groups is 1. The van der Waals surface area contributed by atoms with Crippen LogP contribution >= 0.6 is 0 Å². The van der Waals surface area contributed by atoms with E-state index in [1.807, 2.05) is 10.9 Å². The van der Waals surface area contributed by atoms with E-state index in [1.54, 1.807) is 12.5 Å². The summed E-state index contributed by atoms with van der Waals surface area (Å²) >= 11 is 0. The van der Waals surface area contributed by atoms with Gasteiger partial charge in [0.1, 0.15) is 6.33 Å². The maximum atomic E-state index is 10.4. The zero-order valence-corrected chi connectivity index (χ0v) is 16.5. The van der Waals surface area contributed by atoms with E-state index >= 15 is 0 Å². The van der Waals surface area contributed by atoms with Crippen molar-refractivity contribution in [1.29, 1.82) is 0 Å². The summed E-state index contributed by atoms with van der Waals surface area (Å²) in [6.45, 7) is 1.02. The minimum Gasteiger partial charge on any atom is -0.481 e. The van der Waals surface area contributed by atoms with E-state index in [9.17, 15) is 4.79 Å². The third kappa shape index (κ3) is 14.8. The van der Waals surface area contributed by atoms with Gasteiger partial charge in [-0.1, -0.05) is 83.5 Å². The van der Waals surface area contributed by atoms with E-state index in [1.165, 1.54) is 83.5 Å². The Morgan fingerprint density at radius 1 is 0.769 bits per heavy atom. The van der Waals surface area contributed by atoms with Crippen LogP contribution < -0.4 is 5.43 Å². The standard InChI is InChI=1S/C21H39N3O2/c25-21(26)16-14-12-10-8-6-4-2-1-3-5-7-9-11-13-15-17-23-24-19-18-22-20-24/h18-20,23H,1-17H2,(H,25,26). The summed E-state index contributed by atoms with van der Waals surface area (Å²) in [5, 5.41) is 8.57. The molecule has 5 heteroatoms. The van der Waals surface area contributed by atoms with Gasteiger partial charge in [0.25, 0.3) is 0 Å². The van der Waals surface area contributed by atoms with Crippen molar-refractivity contribution in [2.24, 2.45) is 0 Å². The molecular formula is C21H39N3O2. The second-order valence-electron chi connectivity index (χ2n) is 7.33. The molecule has 1 aromatic heterocycles. The van der Waals surface area contributed by atoms with Crippen molar-refractivity contribution in [3.05, 3.63) is 18.7 Å². The number of nitrogens with one attached hydrogen (secondary N) is 1. The highest BCUT2D eigenvalue weighted by atomic mass is 16.4. The highest BCUT2D eigenvalue weighted by Gasteiger charge is 1.97. The van der Waals surface area contributed by atoms with Crippen LogP contribution in [0, 0.1) is 0 Å². The summed E-state index contributed by atoms with van der Waals surface area (Å²) in [5.74, 6) is -0.660. The van der Waals surface area contributed by atoms with Gasteiger partial charge in [0, 0.05) is 25.4 Å². The lowest BCUT2D eigenvalue weighted by molar-refractivity contribution is -0.137. The van der Waals surface area contributed by atoms with Crippen molar-refractivity contribution in [3.8, 4) is 0 Å². The lowest BCUT2D eigenvalue weighted by Crippen LogP contribution is -2.13. The van der Waals surface area contributed by atoms with Gasteiger partial charge in [-0.25, -0.2) is 4.98 Å². The molecule has 150 valence electrons. The van der Waals surface area contributed by atoms with Crippen LogP contribution in [0.25, 0.3) is 0 Å². The molecule has 1 rings (SSSR count). The summed E-state index contributed by atoms with van der Waals surface area (Å²) in [7, 11) is 0. The van der Waals surface area contributed by atoms with Crippen molar-refractivity contribution >= 4 is 5.97 Å². The number of rotatable bonds is 19. The second-order valence-corrected chi connectivity index (χ2v) is 7.33. The molecule has 26 heavy (non-hydrogen) atoms. The van der Waals surface area contributed by atoms with Crippen molar-refractivity contribution in [2.75, 3.05) is 12.0 Å². The molecule has 0 aliphatic heterocycles. The van der Waals surface area contributed by atoms with E-state index in [2.05, 4.69) is 10.4 Å². The summed E-state index contributed by atoms with van der Waals surface area (Å²) in [6.07, 6.45) is 25.1. The first kappa shape index (κ1) is 22.5. The Kier molecular flexibility index (Phi) is 14.7. The summed E-state index contributed by atoms with van der Waals surface area (Å²) in [5.41, 5.74) is 3.31. The van der Waals surface area contributed by atoms with Gasteiger partial charge in [-0.15, -0.1) is 0 Å². The van der Waals surface area contributed by atoms with Crippen molar-refractivity contribution < 1.29 is 9.90 Å². The number of aromatic nitrogens is 2. The van der Waals surface area contributed by atoms with Crippen LogP contribution in [0.15, 0.2) is 18.7 Å². The molecule has 1 heterocycles. The fourth-order valence-electron chi connectivity index (χ4n) is 3.26.